The minimum absolute atomic E-state index is 0. The molecule has 1 saturated heterocycles. The van der Waals surface area contributed by atoms with Crippen LogP contribution in [0, 0.1) is 0 Å². The Kier molecular flexibility index (Phi) is 15.7. The van der Waals surface area contributed by atoms with E-state index in [1.165, 1.54) is 38.5 Å². The zero-order valence-electron chi connectivity index (χ0n) is 14.0. The van der Waals surface area contributed by atoms with E-state index in [-0.39, 0.29) is 30.1 Å². The highest BCUT2D eigenvalue weighted by molar-refractivity contribution is 14.0. The fourth-order valence-electron chi connectivity index (χ4n) is 2.34. The lowest BCUT2D eigenvalue weighted by molar-refractivity contribution is 0.0424. The van der Waals surface area contributed by atoms with E-state index in [0.717, 1.165) is 45.8 Å². The first kappa shape index (κ1) is 21.9. The van der Waals surface area contributed by atoms with Gasteiger partial charge in [0.1, 0.15) is 0 Å². The maximum atomic E-state index is 5.82. The van der Waals surface area contributed by atoms with Crippen LogP contribution in [0.2, 0.25) is 0 Å². The standard InChI is InChI=1S/C16H33N3O2.HI/c1-2-3-4-5-6-7-10-18-16(17)19-11-8-12-21-15-9-13-20-14-15;/h15H,2-14H2,1H3,(H3,17,18,19);1H. The first-order valence-electron chi connectivity index (χ1n) is 8.56. The summed E-state index contributed by atoms with van der Waals surface area (Å²) in [5.41, 5.74) is 5.82. The van der Waals surface area contributed by atoms with E-state index in [9.17, 15) is 0 Å². The van der Waals surface area contributed by atoms with Gasteiger partial charge in [-0.15, -0.1) is 24.0 Å². The fourth-order valence-corrected chi connectivity index (χ4v) is 2.34. The molecule has 0 spiro atoms. The van der Waals surface area contributed by atoms with Crippen molar-refractivity contribution >= 4 is 29.9 Å². The molecule has 1 fully saturated rings. The number of nitrogens with one attached hydrogen (secondary N) is 1. The number of hydrogen-bond donors (Lipinski definition) is 2. The van der Waals surface area contributed by atoms with E-state index in [1.807, 2.05) is 0 Å². The minimum Gasteiger partial charge on any atom is -0.379 e. The highest BCUT2D eigenvalue weighted by Gasteiger charge is 2.15. The molecular formula is C16H34IN3O2. The summed E-state index contributed by atoms with van der Waals surface area (Å²) in [6.07, 6.45) is 10.0. The molecule has 132 valence electrons. The molecule has 0 aromatic rings. The molecule has 0 aromatic heterocycles. The summed E-state index contributed by atoms with van der Waals surface area (Å²) in [5, 5.41) is 3.17. The minimum atomic E-state index is 0. The number of halogens is 1. The lowest BCUT2D eigenvalue weighted by Gasteiger charge is -2.09. The number of nitrogens with zero attached hydrogens (tertiary/aromatic N) is 1. The van der Waals surface area contributed by atoms with Crippen molar-refractivity contribution in [2.45, 2.75) is 64.4 Å². The molecule has 0 amide bonds. The Morgan fingerprint density at radius 3 is 2.73 bits per heavy atom. The summed E-state index contributed by atoms with van der Waals surface area (Å²) in [5.74, 6) is 0.563. The molecule has 22 heavy (non-hydrogen) atoms. The van der Waals surface area contributed by atoms with E-state index in [4.69, 9.17) is 15.2 Å². The van der Waals surface area contributed by atoms with Crippen LogP contribution < -0.4 is 11.1 Å². The molecule has 0 aromatic carbocycles. The lowest BCUT2D eigenvalue weighted by Crippen LogP contribution is -2.32. The molecule has 1 aliphatic heterocycles. The van der Waals surface area contributed by atoms with Gasteiger partial charge in [-0.2, -0.15) is 0 Å². The van der Waals surface area contributed by atoms with Crippen molar-refractivity contribution in [1.29, 1.82) is 0 Å². The van der Waals surface area contributed by atoms with Crippen LogP contribution in [0.3, 0.4) is 0 Å². The second-order valence-electron chi connectivity index (χ2n) is 5.67. The van der Waals surface area contributed by atoms with Crippen molar-refractivity contribution in [2.24, 2.45) is 10.7 Å². The zero-order valence-corrected chi connectivity index (χ0v) is 16.3. The Morgan fingerprint density at radius 1 is 1.23 bits per heavy atom. The summed E-state index contributed by atoms with van der Waals surface area (Å²) >= 11 is 0. The molecule has 0 saturated carbocycles. The monoisotopic (exact) mass is 427 g/mol. The Bertz CT molecular complexity index is 272. The number of aliphatic imine (C=N–C) groups is 1. The Hall–Kier alpha value is -0.0800. The van der Waals surface area contributed by atoms with Crippen LogP contribution in [0.4, 0.5) is 0 Å². The predicted molar refractivity (Wildman–Crippen MR) is 103 cm³/mol. The molecule has 1 unspecified atom stereocenters. The molecule has 5 nitrogen and oxygen atoms in total. The number of rotatable bonds is 12. The van der Waals surface area contributed by atoms with Crippen LogP contribution in [0.1, 0.15) is 58.3 Å². The molecule has 0 radical (unpaired) electrons. The second kappa shape index (κ2) is 15.8. The molecule has 1 atom stereocenters. The van der Waals surface area contributed by atoms with Gasteiger partial charge in [-0.1, -0.05) is 39.0 Å². The van der Waals surface area contributed by atoms with Gasteiger partial charge >= 0.3 is 0 Å². The van der Waals surface area contributed by atoms with Crippen LogP contribution in [-0.2, 0) is 9.47 Å². The molecule has 3 N–H and O–H groups in total. The number of unbranched alkanes of at least 4 members (excludes halogenated alkanes) is 5. The Morgan fingerprint density at radius 2 is 2.00 bits per heavy atom. The summed E-state index contributed by atoms with van der Waals surface area (Å²) in [6, 6.07) is 0. The third-order valence-corrected chi connectivity index (χ3v) is 3.66. The Labute approximate surface area is 152 Å². The SMILES string of the molecule is CCCCCCCCNC(N)=NCCCOC1CCOC1.I. The topological polar surface area (TPSA) is 68.9 Å². The molecular weight excluding hydrogens is 393 g/mol. The molecule has 0 aliphatic carbocycles. The van der Waals surface area contributed by atoms with Gasteiger partial charge in [0.2, 0.25) is 0 Å². The van der Waals surface area contributed by atoms with Crippen molar-refractivity contribution < 1.29 is 9.47 Å². The maximum absolute atomic E-state index is 5.82. The zero-order chi connectivity index (χ0) is 15.2. The van der Waals surface area contributed by atoms with Crippen LogP contribution in [0.5, 0.6) is 0 Å². The molecule has 1 aliphatic rings. The first-order valence-corrected chi connectivity index (χ1v) is 8.56. The van der Waals surface area contributed by atoms with E-state index in [1.54, 1.807) is 0 Å². The van der Waals surface area contributed by atoms with Gasteiger partial charge in [-0.3, -0.25) is 4.99 Å². The summed E-state index contributed by atoms with van der Waals surface area (Å²) in [4.78, 5) is 4.31. The van der Waals surface area contributed by atoms with Crippen molar-refractivity contribution in [2.75, 3.05) is 32.9 Å². The van der Waals surface area contributed by atoms with Gasteiger partial charge in [0.05, 0.1) is 12.7 Å². The highest BCUT2D eigenvalue weighted by Crippen LogP contribution is 2.08. The summed E-state index contributed by atoms with van der Waals surface area (Å²) < 4.78 is 10.9. The van der Waals surface area contributed by atoms with Crippen molar-refractivity contribution in [1.82, 2.24) is 5.32 Å². The third-order valence-electron chi connectivity index (χ3n) is 3.66. The average molecular weight is 427 g/mol. The van der Waals surface area contributed by atoms with Crippen LogP contribution in [0.15, 0.2) is 4.99 Å². The molecule has 6 heteroatoms. The first-order chi connectivity index (χ1) is 10.3. The molecule has 1 heterocycles. The fraction of sp³-hybridized carbons (Fsp3) is 0.938. The number of nitrogens with two attached hydrogens (primary N) is 1. The molecule has 1 rings (SSSR count). The van der Waals surface area contributed by atoms with Gasteiger partial charge in [-0.05, 0) is 19.3 Å². The van der Waals surface area contributed by atoms with E-state index < -0.39 is 0 Å². The van der Waals surface area contributed by atoms with E-state index >= 15 is 0 Å². The van der Waals surface area contributed by atoms with E-state index in [2.05, 4.69) is 17.2 Å². The lowest BCUT2D eigenvalue weighted by atomic mass is 10.1. The maximum Gasteiger partial charge on any atom is 0.188 e. The van der Waals surface area contributed by atoms with Crippen LogP contribution in [-0.4, -0.2) is 45.0 Å². The predicted octanol–water partition coefficient (Wildman–Crippen LogP) is 3.06. The van der Waals surface area contributed by atoms with Crippen LogP contribution >= 0.6 is 24.0 Å². The van der Waals surface area contributed by atoms with Crippen molar-refractivity contribution in [3.05, 3.63) is 0 Å². The van der Waals surface area contributed by atoms with Crippen molar-refractivity contribution in [3.8, 4) is 0 Å². The quantitative estimate of drug-likeness (QED) is 0.217. The van der Waals surface area contributed by atoms with Gasteiger partial charge in [-0.25, -0.2) is 0 Å². The Balaban J connectivity index is 0.00000441. The largest absolute Gasteiger partial charge is 0.379 e. The normalized spacial score (nSPS) is 18.2. The summed E-state index contributed by atoms with van der Waals surface area (Å²) in [7, 11) is 0. The molecule has 0 bridgehead atoms. The van der Waals surface area contributed by atoms with Gasteiger partial charge in [0.25, 0.3) is 0 Å². The number of guanidine groups is 1. The number of hydrogen-bond acceptors (Lipinski definition) is 3. The number of ether oxygens (including phenoxy) is 2. The van der Waals surface area contributed by atoms with Crippen LogP contribution in [0.25, 0.3) is 0 Å². The smallest absolute Gasteiger partial charge is 0.188 e. The third kappa shape index (κ3) is 12.5. The second-order valence-corrected chi connectivity index (χ2v) is 5.67. The highest BCUT2D eigenvalue weighted by atomic mass is 127. The van der Waals surface area contributed by atoms with Gasteiger partial charge < -0.3 is 20.5 Å². The average Bonchev–Trinajstić information content (AvgIpc) is 2.99. The summed E-state index contributed by atoms with van der Waals surface area (Å²) in [6.45, 7) is 6.21. The van der Waals surface area contributed by atoms with Gasteiger partial charge in [0, 0.05) is 26.3 Å². The van der Waals surface area contributed by atoms with Crippen molar-refractivity contribution in [3.63, 3.8) is 0 Å². The van der Waals surface area contributed by atoms with E-state index in [0.29, 0.717) is 5.96 Å². The van der Waals surface area contributed by atoms with Gasteiger partial charge in [0.15, 0.2) is 5.96 Å².